The zero-order valence-corrected chi connectivity index (χ0v) is 8.74. The largest absolute Gasteiger partial charge is 0.285 e. The van der Waals surface area contributed by atoms with Gasteiger partial charge in [0.05, 0.1) is 0 Å². The molecule has 0 N–H and O–H groups in total. The predicted octanol–water partition coefficient (Wildman–Crippen LogP) is 2.87. The van der Waals surface area contributed by atoms with Gasteiger partial charge < -0.3 is 0 Å². The Hall–Kier alpha value is -2.29. The Balaban J connectivity index is 2.40. The van der Waals surface area contributed by atoms with E-state index in [-0.39, 0.29) is 5.56 Å². The summed E-state index contributed by atoms with van der Waals surface area (Å²) in [6.45, 7) is 0. The van der Waals surface area contributed by atoms with Crippen LogP contribution >= 0.6 is 0 Å². The maximum Gasteiger partial charge on any atom is 0.234 e. The molecule has 0 radical (unpaired) electrons. The lowest BCUT2D eigenvalue weighted by molar-refractivity contribution is 0.0815. The van der Waals surface area contributed by atoms with Crippen LogP contribution in [0.3, 0.4) is 0 Å². The fraction of sp³-hybridized carbons (Fsp3) is 0. The third-order valence-corrected chi connectivity index (χ3v) is 2.89. The van der Waals surface area contributed by atoms with E-state index in [1.807, 2.05) is 0 Å². The number of hydrogen-bond acceptors (Lipinski definition) is 2. The van der Waals surface area contributed by atoms with E-state index in [2.05, 4.69) is 0 Å². The van der Waals surface area contributed by atoms with Crippen molar-refractivity contribution in [1.82, 2.24) is 0 Å². The highest BCUT2D eigenvalue weighted by molar-refractivity contribution is 6.52. The molecule has 3 rings (SSSR count). The molecule has 1 aliphatic carbocycles. The molecule has 0 bridgehead atoms. The number of halogens is 1. The minimum Gasteiger partial charge on any atom is -0.285 e. The van der Waals surface area contributed by atoms with Gasteiger partial charge in [-0.3, -0.25) is 9.59 Å². The van der Waals surface area contributed by atoms with Crippen LogP contribution in [-0.2, 0) is 0 Å². The molecule has 3 heteroatoms. The van der Waals surface area contributed by atoms with Gasteiger partial charge in [-0.05, 0) is 23.3 Å². The lowest BCUT2D eigenvalue weighted by Crippen LogP contribution is -2.21. The van der Waals surface area contributed by atoms with Gasteiger partial charge in [0.15, 0.2) is 0 Å². The Kier molecular flexibility index (Phi) is 1.95. The second-order valence-electron chi connectivity index (χ2n) is 3.89. The molecule has 2 nitrogen and oxygen atoms in total. The fourth-order valence-corrected chi connectivity index (χ4v) is 2.10. The first-order chi connectivity index (χ1) is 8.18. The molecule has 0 saturated heterocycles. The summed E-state index contributed by atoms with van der Waals surface area (Å²) in [6, 6.07) is 10.8. The van der Waals surface area contributed by atoms with E-state index in [9.17, 15) is 14.0 Å². The van der Waals surface area contributed by atoms with Crippen molar-refractivity contribution in [3.63, 3.8) is 0 Å². The molecule has 2 aromatic carbocycles. The van der Waals surface area contributed by atoms with E-state index in [4.69, 9.17) is 0 Å². The van der Waals surface area contributed by atoms with E-state index in [0.29, 0.717) is 16.7 Å². The monoisotopic (exact) mass is 226 g/mol. The second kappa shape index (κ2) is 3.35. The third-order valence-electron chi connectivity index (χ3n) is 2.89. The van der Waals surface area contributed by atoms with Crippen LogP contribution < -0.4 is 0 Å². The highest BCUT2D eigenvalue weighted by atomic mass is 19.1. The fourth-order valence-electron chi connectivity index (χ4n) is 2.10. The number of rotatable bonds is 0. The first-order valence-corrected chi connectivity index (χ1v) is 5.16. The van der Waals surface area contributed by atoms with E-state index >= 15 is 0 Å². The van der Waals surface area contributed by atoms with Gasteiger partial charge in [-0.1, -0.05) is 30.3 Å². The summed E-state index contributed by atoms with van der Waals surface area (Å²) in [5.41, 5.74) is 1.84. The highest BCUT2D eigenvalue weighted by Crippen LogP contribution is 2.33. The minimum atomic E-state index is -0.641. The summed E-state index contributed by atoms with van der Waals surface area (Å²) >= 11 is 0. The molecule has 0 heterocycles. The quantitative estimate of drug-likeness (QED) is 0.647. The van der Waals surface area contributed by atoms with Crippen molar-refractivity contribution >= 4 is 11.6 Å². The van der Waals surface area contributed by atoms with Crippen molar-refractivity contribution in [2.24, 2.45) is 0 Å². The Labute approximate surface area is 96.7 Å². The highest BCUT2D eigenvalue weighted by Gasteiger charge is 2.30. The average Bonchev–Trinajstić information content (AvgIpc) is 2.36. The molecule has 0 aliphatic heterocycles. The number of ketones is 2. The number of benzene rings is 2. The number of carbonyl (C=O) groups is 2. The molecular formula is C14H7FO2. The summed E-state index contributed by atoms with van der Waals surface area (Å²) in [5.74, 6) is -1.72. The van der Waals surface area contributed by atoms with Gasteiger partial charge in [-0.2, -0.15) is 0 Å². The van der Waals surface area contributed by atoms with Gasteiger partial charge in [-0.25, -0.2) is 4.39 Å². The van der Waals surface area contributed by atoms with Gasteiger partial charge in [0.2, 0.25) is 11.6 Å². The maximum atomic E-state index is 13.1. The Morgan fingerprint density at radius 1 is 0.706 bits per heavy atom. The number of fused-ring (bicyclic) bond motifs is 3. The molecule has 0 fully saturated rings. The molecule has 0 unspecified atom stereocenters. The molecule has 0 aromatic heterocycles. The minimum absolute atomic E-state index is 0.147. The summed E-state index contributed by atoms with van der Waals surface area (Å²) in [6.07, 6.45) is 0. The van der Waals surface area contributed by atoms with Crippen LogP contribution in [0.2, 0.25) is 0 Å². The molecule has 1 aliphatic rings. The van der Waals surface area contributed by atoms with Crippen molar-refractivity contribution in [2.45, 2.75) is 0 Å². The van der Waals surface area contributed by atoms with Crippen molar-refractivity contribution < 1.29 is 14.0 Å². The Bertz CT molecular complexity index is 659. The first kappa shape index (κ1) is 9.90. The zero-order valence-electron chi connectivity index (χ0n) is 8.74. The molecule has 17 heavy (non-hydrogen) atoms. The van der Waals surface area contributed by atoms with Crippen LogP contribution in [0, 0.1) is 5.82 Å². The van der Waals surface area contributed by atoms with Crippen molar-refractivity contribution in [3.8, 4) is 11.1 Å². The average molecular weight is 226 g/mol. The predicted molar refractivity (Wildman–Crippen MR) is 60.5 cm³/mol. The van der Waals surface area contributed by atoms with E-state index in [1.54, 1.807) is 24.3 Å². The zero-order chi connectivity index (χ0) is 12.0. The van der Waals surface area contributed by atoms with Crippen molar-refractivity contribution in [1.29, 1.82) is 0 Å². The van der Waals surface area contributed by atoms with Crippen LogP contribution in [0.4, 0.5) is 4.39 Å². The van der Waals surface area contributed by atoms with Gasteiger partial charge in [-0.15, -0.1) is 0 Å². The summed E-state index contributed by atoms with van der Waals surface area (Å²) in [5, 5.41) is 0. The smallest absolute Gasteiger partial charge is 0.234 e. The first-order valence-electron chi connectivity index (χ1n) is 5.16. The summed E-state index contributed by atoms with van der Waals surface area (Å²) in [4.78, 5) is 23.6. The summed E-state index contributed by atoms with van der Waals surface area (Å²) in [7, 11) is 0. The molecule has 0 amide bonds. The van der Waals surface area contributed by atoms with E-state index in [1.165, 1.54) is 12.1 Å². The van der Waals surface area contributed by atoms with Gasteiger partial charge in [0.25, 0.3) is 0 Å². The van der Waals surface area contributed by atoms with Gasteiger partial charge >= 0.3 is 0 Å². The third kappa shape index (κ3) is 1.32. The molecule has 2 aromatic rings. The SMILES string of the molecule is O=C1C(=O)c2cc(F)ccc2-c2ccccc21. The molecule has 0 atom stereocenters. The molecule has 82 valence electrons. The maximum absolute atomic E-state index is 13.1. The van der Waals surface area contributed by atoms with E-state index in [0.717, 1.165) is 6.07 Å². The number of Topliss-reactive ketones (excluding diaryl/α,β-unsaturated/α-hetero) is 2. The molecule has 0 saturated carbocycles. The molecule has 0 spiro atoms. The second-order valence-corrected chi connectivity index (χ2v) is 3.89. The van der Waals surface area contributed by atoms with Gasteiger partial charge in [0, 0.05) is 11.1 Å². The standard InChI is InChI=1S/C14H7FO2/c15-8-5-6-10-9-3-1-2-4-11(9)13(16)14(17)12(10)7-8/h1-7H. The lowest BCUT2D eigenvalue weighted by atomic mass is 9.84. The van der Waals surface area contributed by atoms with Crippen LogP contribution in [0.15, 0.2) is 42.5 Å². The lowest BCUT2D eigenvalue weighted by Gasteiger charge is -2.17. The topological polar surface area (TPSA) is 34.1 Å². The Morgan fingerprint density at radius 2 is 1.29 bits per heavy atom. The van der Waals surface area contributed by atoms with Crippen LogP contribution in [0.1, 0.15) is 20.7 Å². The van der Waals surface area contributed by atoms with Crippen LogP contribution in [0.25, 0.3) is 11.1 Å². The Morgan fingerprint density at radius 3 is 2.06 bits per heavy atom. The normalized spacial score (nSPS) is 13.2. The number of carbonyl (C=O) groups excluding carboxylic acids is 2. The molecular weight excluding hydrogens is 219 g/mol. The number of hydrogen-bond donors (Lipinski definition) is 0. The van der Waals surface area contributed by atoms with Crippen LogP contribution in [0.5, 0.6) is 0 Å². The van der Waals surface area contributed by atoms with Crippen LogP contribution in [-0.4, -0.2) is 11.6 Å². The van der Waals surface area contributed by atoms with Crippen molar-refractivity contribution in [2.75, 3.05) is 0 Å². The van der Waals surface area contributed by atoms with E-state index < -0.39 is 17.4 Å². The summed E-state index contributed by atoms with van der Waals surface area (Å²) < 4.78 is 13.1. The van der Waals surface area contributed by atoms with Gasteiger partial charge in [0.1, 0.15) is 5.82 Å². The van der Waals surface area contributed by atoms with Crippen molar-refractivity contribution in [3.05, 3.63) is 59.4 Å².